The molecule has 0 amide bonds. The molecule has 2 rings (SSSR count). The van der Waals surface area contributed by atoms with Crippen molar-refractivity contribution >= 4 is 34.9 Å². The summed E-state index contributed by atoms with van der Waals surface area (Å²) in [6, 6.07) is 7.27. The number of carboxylic acid groups (broad SMARTS) is 1. The Balaban J connectivity index is 0.000000253. The second-order valence-corrected chi connectivity index (χ2v) is 4.86. The second-order valence-electron chi connectivity index (χ2n) is 4.15. The molecule has 1 aromatic carbocycles. The molecular weight excluding hydrogens is 345 g/mol. The van der Waals surface area contributed by atoms with Crippen LogP contribution >= 0.6 is 23.2 Å². The van der Waals surface area contributed by atoms with Gasteiger partial charge < -0.3 is 20.3 Å². The Hall–Kier alpha value is -1.96. The van der Waals surface area contributed by atoms with E-state index in [2.05, 4.69) is 4.98 Å². The highest BCUT2D eigenvalue weighted by Gasteiger charge is 2.19. The van der Waals surface area contributed by atoms with E-state index in [1.807, 2.05) is 12.1 Å². The molecule has 126 valence electrons. The van der Waals surface area contributed by atoms with Crippen molar-refractivity contribution in [3.63, 3.8) is 0 Å². The fraction of sp³-hybridized carbons (Fsp3) is 0.286. The highest BCUT2D eigenvalue weighted by atomic mass is 35.5. The summed E-state index contributed by atoms with van der Waals surface area (Å²) < 4.78 is 11.1. The van der Waals surface area contributed by atoms with Crippen molar-refractivity contribution in [1.82, 2.24) is 9.55 Å². The van der Waals surface area contributed by atoms with Gasteiger partial charge in [-0.3, -0.25) is 4.57 Å². The van der Waals surface area contributed by atoms with Crippen LogP contribution in [0.25, 0.3) is 0 Å². The molecule has 0 unspecified atom stereocenters. The zero-order valence-corrected chi connectivity index (χ0v) is 14.1. The van der Waals surface area contributed by atoms with E-state index < -0.39 is 5.97 Å². The number of aromatic carboxylic acids is 1. The lowest BCUT2D eigenvalue weighted by Gasteiger charge is -2.05. The van der Waals surface area contributed by atoms with Crippen LogP contribution in [0.3, 0.4) is 0 Å². The lowest BCUT2D eigenvalue weighted by molar-refractivity contribution is 0.0615. The Bertz CT molecular complexity index is 644. The van der Waals surface area contributed by atoms with Crippen LogP contribution in [0.1, 0.15) is 17.5 Å². The van der Waals surface area contributed by atoms with E-state index in [0.717, 1.165) is 11.4 Å². The summed E-state index contributed by atoms with van der Waals surface area (Å²) in [7, 11) is 1.63. The minimum Gasteiger partial charge on any atom is -0.497 e. The molecule has 7 nitrogen and oxygen atoms in total. The molecule has 9 heteroatoms. The zero-order chi connectivity index (χ0) is 17.4. The van der Waals surface area contributed by atoms with E-state index in [9.17, 15) is 4.79 Å². The monoisotopic (exact) mass is 361 g/mol. The molecule has 0 aliphatic rings. The number of imidazole rings is 1. The Morgan fingerprint density at radius 1 is 1.35 bits per heavy atom. The lowest BCUT2D eigenvalue weighted by atomic mass is 10.3. The molecule has 3 N–H and O–H groups in total. The van der Waals surface area contributed by atoms with Gasteiger partial charge in [-0.1, -0.05) is 23.2 Å². The van der Waals surface area contributed by atoms with Crippen molar-refractivity contribution < 1.29 is 19.4 Å². The van der Waals surface area contributed by atoms with Gasteiger partial charge in [-0.15, -0.1) is 0 Å². The maximum absolute atomic E-state index is 10.7. The van der Waals surface area contributed by atoms with Gasteiger partial charge in [0.05, 0.1) is 7.11 Å². The number of anilines is 1. The quantitative estimate of drug-likeness (QED) is 0.793. The molecule has 1 heterocycles. The molecule has 0 saturated heterocycles. The first-order valence-corrected chi connectivity index (χ1v) is 7.28. The van der Waals surface area contributed by atoms with Crippen molar-refractivity contribution in [2.24, 2.45) is 0 Å². The predicted molar refractivity (Wildman–Crippen MR) is 88.2 cm³/mol. The van der Waals surface area contributed by atoms with Crippen molar-refractivity contribution in [2.75, 3.05) is 19.5 Å². The molecule has 0 atom stereocenters. The van der Waals surface area contributed by atoms with Crippen LogP contribution in [-0.4, -0.2) is 34.3 Å². The van der Waals surface area contributed by atoms with E-state index in [1.54, 1.807) is 26.2 Å². The summed E-state index contributed by atoms with van der Waals surface area (Å²) in [6.07, 6.45) is 0. The van der Waals surface area contributed by atoms with Crippen LogP contribution in [0.4, 0.5) is 5.69 Å². The highest BCUT2D eigenvalue weighted by Crippen LogP contribution is 2.22. The van der Waals surface area contributed by atoms with Crippen LogP contribution in [-0.2, 0) is 11.5 Å². The number of hydrogen-bond acceptors (Lipinski definition) is 5. The number of halogens is 2. The summed E-state index contributed by atoms with van der Waals surface area (Å²) in [5, 5.41) is 8.78. The number of carbonyl (C=O) groups is 1. The first-order valence-electron chi connectivity index (χ1n) is 6.52. The molecule has 0 bridgehead atoms. The summed E-state index contributed by atoms with van der Waals surface area (Å²) in [4.78, 5) is 14.3. The lowest BCUT2D eigenvalue weighted by Crippen LogP contribution is -2.11. The number of methoxy groups -OCH3 is 1. The maximum atomic E-state index is 10.7. The zero-order valence-electron chi connectivity index (χ0n) is 12.6. The molecule has 1 aromatic heterocycles. The fourth-order valence-corrected chi connectivity index (χ4v) is 1.82. The number of ether oxygens (including phenoxy) is 2. The summed E-state index contributed by atoms with van der Waals surface area (Å²) in [6.45, 7) is 2.26. The van der Waals surface area contributed by atoms with E-state index in [0.29, 0.717) is 6.61 Å². The van der Waals surface area contributed by atoms with E-state index in [4.69, 9.17) is 43.5 Å². The smallest absolute Gasteiger partial charge is 0.372 e. The van der Waals surface area contributed by atoms with Crippen LogP contribution in [0, 0.1) is 0 Å². The predicted octanol–water partition coefficient (Wildman–Crippen LogP) is 3.16. The Morgan fingerprint density at radius 3 is 2.43 bits per heavy atom. The normalized spacial score (nSPS) is 9.91. The van der Waals surface area contributed by atoms with Crippen molar-refractivity contribution in [1.29, 1.82) is 0 Å². The van der Waals surface area contributed by atoms with Gasteiger partial charge in [-0.2, -0.15) is 0 Å². The Morgan fingerprint density at radius 2 is 1.96 bits per heavy atom. The average Bonchev–Trinajstić information content (AvgIpc) is 2.82. The van der Waals surface area contributed by atoms with Gasteiger partial charge >= 0.3 is 5.97 Å². The van der Waals surface area contributed by atoms with E-state index in [-0.39, 0.29) is 22.9 Å². The number of hydrogen-bond donors (Lipinski definition) is 2. The maximum Gasteiger partial charge on any atom is 0.372 e. The Labute approximate surface area is 143 Å². The van der Waals surface area contributed by atoms with Crippen LogP contribution in [0.5, 0.6) is 5.75 Å². The number of aromatic nitrogens is 2. The Kier molecular flexibility index (Phi) is 7.67. The minimum absolute atomic E-state index is 0.0245. The molecule has 2 aromatic rings. The standard InChI is InChI=1S/C7H8Cl2N2O3.C7H9NO/c1-2-14-3-11-5(9)4(8)10-6(11)7(12)13;1-9-7-4-2-6(8)3-5-7/h2-3H2,1H3,(H,12,13);2-5H,8H2,1H3. The van der Waals surface area contributed by atoms with Crippen molar-refractivity contribution in [3.8, 4) is 5.75 Å². The van der Waals surface area contributed by atoms with Gasteiger partial charge in [0.1, 0.15) is 17.6 Å². The molecule has 0 saturated carbocycles. The average molecular weight is 362 g/mol. The molecule has 0 fully saturated rings. The summed E-state index contributed by atoms with van der Waals surface area (Å²) in [5.74, 6) is -0.587. The van der Waals surface area contributed by atoms with Gasteiger partial charge in [0.15, 0.2) is 5.15 Å². The van der Waals surface area contributed by atoms with Crippen LogP contribution in [0.15, 0.2) is 24.3 Å². The van der Waals surface area contributed by atoms with E-state index in [1.165, 1.54) is 4.57 Å². The van der Waals surface area contributed by atoms with Crippen LogP contribution < -0.4 is 10.5 Å². The number of nitrogens with zero attached hydrogens (tertiary/aromatic N) is 2. The van der Waals surface area contributed by atoms with Crippen molar-refractivity contribution in [2.45, 2.75) is 13.7 Å². The summed E-state index contributed by atoms with van der Waals surface area (Å²) >= 11 is 11.3. The third kappa shape index (κ3) is 5.63. The number of rotatable bonds is 5. The first-order chi connectivity index (χ1) is 10.9. The van der Waals surface area contributed by atoms with Gasteiger partial charge in [-0.05, 0) is 31.2 Å². The van der Waals surface area contributed by atoms with Gasteiger partial charge in [0.25, 0.3) is 0 Å². The number of nitrogens with two attached hydrogens (primary N) is 1. The molecule has 0 aliphatic carbocycles. The minimum atomic E-state index is -1.20. The third-order valence-corrected chi connectivity index (χ3v) is 3.34. The second kappa shape index (κ2) is 9.24. The van der Waals surface area contributed by atoms with Crippen molar-refractivity contribution in [3.05, 3.63) is 40.4 Å². The van der Waals surface area contributed by atoms with E-state index >= 15 is 0 Å². The third-order valence-electron chi connectivity index (χ3n) is 2.60. The van der Waals surface area contributed by atoms with Gasteiger partial charge in [0, 0.05) is 12.3 Å². The summed E-state index contributed by atoms with van der Waals surface area (Å²) in [5.41, 5.74) is 6.19. The highest BCUT2D eigenvalue weighted by molar-refractivity contribution is 6.40. The largest absolute Gasteiger partial charge is 0.497 e. The first kappa shape index (κ1) is 19.1. The number of carboxylic acids is 1. The van der Waals surface area contributed by atoms with Gasteiger partial charge in [-0.25, -0.2) is 9.78 Å². The molecular formula is C14H17Cl2N3O4. The number of benzene rings is 1. The molecule has 0 radical (unpaired) electrons. The molecule has 0 spiro atoms. The fourth-order valence-electron chi connectivity index (χ4n) is 1.47. The van der Waals surface area contributed by atoms with Crippen LogP contribution in [0.2, 0.25) is 10.3 Å². The SMILES string of the molecule is CCOCn1c(C(=O)O)nc(Cl)c1Cl.COc1ccc(N)cc1. The molecule has 0 aliphatic heterocycles. The molecule has 23 heavy (non-hydrogen) atoms. The number of nitrogen functional groups attached to an aromatic ring is 1. The van der Waals surface area contributed by atoms with Gasteiger partial charge in [0.2, 0.25) is 5.82 Å². The topological polar surface area (TPSA) is 99.6 Å².